The highest BCUT2D eigenvalue weighted by Crippen LogP contribution is 2.38. The molecule has 1 fully saturated rings. The summed E-state index contributed by atoms with van der Waals surface area (Å²) in [6, 6.07) is 12.9. The van der Waals surface area contributed by atoms with E-state index in [1.54, 1.807) is 60.9 Å². The summed E-state index contributed by atoms with van der Waals surface area (Å²) in [6.45, 7) is 7.31. The predicted octanol–water partition coefficient (Wildman–Crippen LogP) is 4.09. The molecule has 2 heterocycles. The zero-order chi connectivity index (χ0) is 28.8. The van der Waals surface area contributed by atoms with Crippen molar-refractivity contribution in [3.05, 3.63) is 82.3 Å². The number of hydrogen-bond donors (Lipinski definition) is 0. The first-order valence-corrected chi connectivity index (χ1v) is 13.5. The Morgan fingerprint density at radius 1 is 0.925 bits per heavy atom. The van der Waals surface area contributed by atoms with Gasteiger partial charge in [0.2, 0.25) is 5.91 Å². The van der Waals surface area contributed by atoms with Gasteiger partial charge in [0, 0.05) is 49.8 Å². The summed E-state index contributed by atoms with van der Waals surface area (Å²) in [7, 11) is 0. The molecule has 2 aliphatic heterocycles. The highest BCUT2D eigenvalue weighted by molar-refractivity contribution is 5.96. The number of amides is 3. The van der Waals surface area contributed by atoms with Crippen molar-refractivity contribution >= 4 is 23.9 Å². The Hall–Kier alpha value is -4.21. The Kier molecular flexibility index (Phi) is 9.19. The molecule has 4 rings (SSSR count). The van der Waals surface area contributed by atoms with E-state index in [1.807, 2.05) is 6.07 Å². The molecule has 0 saturated carbocycles. The fourth-order valence-corrected chi connectivity index (χ4v) is 5.16. The summed E-state index contributed by atoms with van der Waals surface area (Å²) in [5.41, 5.74) is 2.48. The molecule has 0 spiro atoms. The monoisotopic (exact) mass is 551 g/mol. The lowest BCUT2D eigenvalue weighted by atomic mass is 9.83. The van der Waals surface area contributed by atoms with Gasteiger partial charge in [-0.2, -0.15) is 0 Å². The summed E-state index contributed by atoms with van der Waals surface area (Å²) in [5.74, 6) is -2.00. The molecule has 0 aliphatic carbocycles. The van der Waals surface area contributed by atoms with E-state index in [9.17, 15) is 23.6 Å². The summed E-state index contributed by atoms with van der Waals surface area (Å²) >= 11 is 0. The maximum Gasteiger partial charge on any atom is 0.409 e. The number of piperazine rings is 1. The number of allylic oxidation sites excluding steroid dienone is 1. The molecule has 0 aromatic heterocycles. The molecule has 10 heteroatoms. The molecule has 212 valence electrons. The van der Waals surface area contributed by atoms with Crippen LogP contribution in [0.25, 0.3) is 0 Å². The van der Waals surface area contributed by atoms with Gasteiger partial charge in [0.15, 0.2) is 0 Å². The summed E-state index contributed by atoms with van der Waals surface area (Å²) in [6.07, 6.45) is -0.397. The van der Waals surface area contributed by atoms with Crippen LogP contribution in [0.15, 0.2) is 59.8 Å². The van der Waals surface area contributed by atoms with Crippen LogP contribution >= 0.6 is 0 Å². The lowest BCUT2D eigenvalue weighted by molar-refractivity contribution is -0.140. The van der Waals surface area contributed by atoms with Gasteiger partial charge in [0.05, 0.1) is 25.3 Å². The first kappa shape index (κ1) is 28.8. The first-order valence-electron chi connectivity index (χ1n) is 13.5. The number of hydrogen-bond acceptors (Lipinski definition) is 6. The number of carbonyl (C=O) groups excluding carboxylic acids is 4. The molecule has 1 unspecified atom stereocenters. The van der Waals surface area contributed by atoms with Crippen molar-refractivity contribution in [2.24, 2.45) is 0 Å². The van der Waals surface area contributed by atoms with Crippen LogP contribution in [0.4, 0.5) is 9.18 Å². The number of carbonyl (C=O) groups is 4. The minimum atomic E-state index is -0.625. The molecule has 2 aromatic rings. The standard InChI is InChI=1S/C30H34FN3O6/c1-4-39-29(37)27-20(3)34(26(35)18-25(27)22-9-7-11-24(31)17-22)19-21-8-6-10-23(16-21)28(36)32-12-14-33(15-13-32)30(38)40-5-2/h6-11,16-17,25H,4-5,12-15,18-19H2,1-3H3. The van der Waals surface area contributed by atoms with Crippen molar-refractivity contribution in [3.63, 3.8) is 0 Å². The molecule has 0 bridgehead atoms. The SMILES string of the molecule is CCOC(=O)C1=C(C)N(Cc2cccc(C(=O)N3CCN(C(=O)OCC)CC3)c2)C(=O)CC1c1cccc(F)c1. The number of rotatable bonds is 7. The van der Waals surface area contributed by atoms with Crippen molar-refractivity contribution in [1.82, 2.24) is 14.7 Å². The molecule has 2 aromatic carbocycles. The van der Waals surface area contributed by atoms with Gasteiger partial charge in [0.1, 0.15) is 5.82 Å². The molecule has 40 heavy (non-hydrogen) atoms. The molecular weight excluding hydrogens is 517 g/mol. The molecule has 2 aliphatic rings. The molecule has 3 amide bonds. The molecule has 9 nitrogen and oxygen atoms in total. The molecular formula is C30H34FN3O6. The van der Waals surface area contributed by atoms with Crippen LogP contribution in [0.2, 0.25) is 0 Å². The maximum atomic E-state index is 14.0. The van der Waals surface area contributed by atoms with E-state index in [0.29, 0.717) is 55.2 Å². The Labute approximate surface area is 233 Å². The van der Waals surface area contributed by atoms with Gasteiger partial charge in [-0.1, -0.05) is 24.3 Å². The van der Waals surface area contributed by atoms with Crippen LogP contribution < -0.4 is 0 Å². The number of esters is 1. The normalized spacial score (nSPS) is 17.6. The van der Waals surface area contributed by atoms with E-state index in [2.05, 4.69) is 0 Å². The van der Waals surface area contributed by atoms with Crippen LogP contribution in [0.1, 0.15) is 54.6 Å². The van der Waals surface area contributed by atoms with E-state index in [1.165, 1.54) is 17.0 Å². The van der Waals surface area contributed by atoms with Crippen LogP contribution in [-0.2, 0) is 25.6 Å². The van der Waals surface area contributed by atoms with Crippen molar-refractivity contribution in [1.29, 1.82) is 0 Å². The van der Waals surface area contributed by atoms with Crippen molar-refractivity contribution in [2.45, 2.75) is 39.7 Å². The largest absolute Gasteiger partial charge is 0.463 e. The van der Waals surface area contributed by atoms with Crippen molar-refractivity contribution < 1.29 is 33.0 Å². The topological polar surface area (TPSA) is 96.5 Å². The van der Waals surface area contributed by atoms with Crippen molar-refractivity contribution in [2.75, 3.05) is 39.4 Å². The third kappa shape index (κ3) is 6.32. The van der Waals surface area contributed by atoms with E-state index < -0.39 is 17.7 Å². The molecule has 0 N–H and O–H groups in total. The smallest absolute Gasteiger partial charge is 0.409 e. The van der Waals surface area contributed by atoms with Crippen LogP contribution in [0.5, 0.6) is 0 Å². The van der Waals surface area contributed by atoms with Crippen LogP contribution in [-0.4, -0.2) is 78.0 Å². The quantitative estimate of drug-likeness (QED) is 0.481. The molecule has 0 radical (unpaired) electrons. The molecule has 1 atom stereocenters. The van der Waals surface area contributed by atoms with E-state index >= 15 is 0 Å². The summed E-state index contributed by atoms with van der Waals surface area (Å²) in [5, 5.41) is 0. The van der Waals surface area contributed by atoms with Crippen molar-refractivity contribution in [3.8, 4) is 0 Å². The average molecular weight is 552 g/mol. The zero-order valence-electron chi connectivity index (χ0n) is 23.0. The van der Waals surface area contributed by atoms with E-state index in [-0.39, 0.29) is 37.5 Å². The third-order valence-electron chi connectivity index (χ3n) is 7.18. The summed E-state index contributed by atoms with van der Waals surface area (Å²) in [4.78, 5) is 56.3. The lowest BCUT2D eigenvalue weighted by Crippen LogP contribution is -2.50. The number of ether oxygens (including phenoxy) is 2. The minimum absolute atomic E-state index is 0.0156. The van der Waals surface area contributed by atoms with Gasteiger partial charge < -0.3 is 24.2 Å². The van der Waals surface area contributed by atoms with Gasteiger partial charge in [-0.3, -0.25) is 9.59 Å². The maximum absolute atomic E-state index is 14.0. The predicted molar refractivity (Wildman–Crippen MR) is 145 cm³/mol. The Morgan fingerprint density at radius 3 is 2.27 bits per heavy atom. The third-order valence-corrected chi connectivity index (χ3v) is 7.18. The van der Waals surface area contributed by atoms with Gasteiger partial charge in [-0.05, 0) is 56.2 Å². The van der Waals surface area contributed by atoms with Gasteiger partial charge in [-0.25, -0.2) is 14.0 Å². The second-order valence-corrected chi connectivity index (χ2v) is 9.69. The Bertz CT molecular complexity index is 1320. The number of nitrogens with zero attached hydrogens (tertiary/aromatic N) is 3. The Balaban J connectivity index is 1.54. The second-order valence-electron chi connectivity index (χ2n) is 9.69. The number of benzene rings is 2. The average Bonchev–Trinajstić information content (AvgIpc) is 2.95. The van der Waals surface area contributed by atoms with E-state index in [4.69, 9.17) is 9.47 Å². The summed E-state index contributed by atoms with van der Waals surface area (Å²) < 4.78 is 24.4. The van der Waals surface area contributed by atoms with Crippen LogP contribution in [0, 0.1) is 5.82 Å². The zero-order valence-corrected chi connectivity index (χ0v) is 23.0. The highest BCUT2D eigenvalue weighted by Gasteiger charge is 2.37. The fourth-order valence-electron chi connectivity index (χ4n) is 5.16. The van der Waals surface area contributed by atoms with Crippen LogP contribution in [0.3, 0.4) is 0 Å². The van der Waals surface area contributed by atoms with Gasteiger partial charge in [0.25, 0.3) is 5.91 Å². The van der Waals surface area contributed by atoms with Gasteiger partial charge >= 0.3 is 12.1 Å². The molecule has 1 saturated heterocycles. The Morgan fingerprint density at radius 2 is 1.60 bits per heavy atom. The second kappa shape index (κ2) is 12.8. The van der Waals surface area contributed by atoms with Gasteiger partial charge in [-0.15, -0.1) is 0 Å². The number of halogens is 1. The highest BCUT2D eigenvalue weighted by atomic mass is 19.1. The first-order chi connectivity index (χ1) is 19.2. The minimum Gasteiger partial charge on any atom is -0.463 e. The van der Waals surface area contributed by atoms with E-state index in [0.717, 1.165) is 5.56 Å². The lowest BCUT2D eigenvalue weighted by Gasteiger charge is -2.35. The fraction of sp³-hybridized carbons (Fsp3) is 0.400.